The summed E-state index contributed by atoms with van der Waals surface area (Å²) in [5.41, 5.74) is 5.74. The summed E-state index contributed by atoms with van der Waals surface area (Å²) >= 11 is 1.14. The third kappa shape index (κ3) is 2.09. The molecule has 2 rings (SSSR count). The largest absolute Gasteiger partial charge is 0.393 e. The minimum atomic E-state index is -0.488. The van der Waals surface area contributed by atoms with Gasteiger partial charge >= 0.3 is 5.00 Å². The van der Waals surface area contributed by atoms with Crippen molar-refractivity contribution < 1.29 is 10.0 Å². The number of aliphatic hydroxyl groups excluding tert-OH is 1. The maximum absolute atomic E-state index is 10.6. The van der Waals surface area contributed by atoms with E-state index in [1.54, 1.807) is 6.07 Å². The number of nitrogens with two attached hydrogens (primary N) is 1. The van der Waals surface area contributed by atoms with Gasteiger partial charge in [0.2, 0.25) is 0 Å². The zero-order valence-corrected chi connectivity index (χ0v) is 9.57. The van der Waals surface area contributed by atoms with Gasteiger partial charge in [-0.2, -0.15) is 0 Å². The number of rotatable bonds is 2. The molecule has 1 aromatic heterocycles. The van der Waals surface area contributed by atoms with Crippen LogP contribution in [0, 0.1) is 10.1 Å². The molecule has 0 amide bonds. The van der Waals surface area contributed by atoms with E-state index >= 15 is 0 Å². The van der Waals surface area contributed by atoms with Crippen molar-refractivity contribution in [3.05, 3.63) is 27.1 Å². The van der Waals surface area contributed by atoms with Crippen LogP contribution in [0.4, 0.5) is 5.00 Å². The van der Waals surface area contributed by atoms with Crippen molar-refractivity contribution in [3.63, 3.8) is 0 Å². The van der Waals surface area contributed by atoms with Crippen LogP contribution in [0.5, 0.6) is 0 Å². The summed E-state index contributed by atoms with van der Waals surface area (Å²) in [4.78, 5) is 11.0. The fourth-order valence-corrected chi connectivity index (χ4v) is 3.04. The Bertz CT molecular complexity index is 397. The van der Waals surface area contributed by atoms with E-state index in [4.69, 9.17) is 5.73 Å². The SMILES string of the molecule is NC1(c2ccc([N+](=O)[O-])s2)CCC(O)CC1. The molecule has 0 saturated heterocycles. The van der Waals surface area contributed by atoms with Crippen LogP contribution in [0.25, 0.3) is 0 Å². The lowest BCUT2D eigenvalue weighted by Crippen LogP contribution is -2.40. The monoisotopic (exact) mass is 242 g/mol. The topological polar surface area (TPSA) is 89.4 Å². The predicted octanol–water partition coefficient (Wildman–Crippen LogP) is 1.75. The molecule has 1 saturated carbocycles. The quantitative estimate of drug-likeness (QED) is 0.610. The van der Waals surface area contributed by atoms with Gasteiger partial charge in [0.05, 0.1) is 16.6 Å². The summed E-state index contributed by atoms with van der Waals surface area (Å²) in [5, 5.41) is 20.1. The molecular weight excluding hydrogens is 228 g/mol. The molecule has 1 aliphatic rings. The second-order valence-electron chi connectivity index (χ2n) is 4.28. The second kappa shape index (κ2) is 4.12. The number of nitro groups is 1. The predicted molar refractivity (Wildman–Crippen MR) is 61.3 cm³/mol. The molecule has 0 aromatic carbocycles. The highest BCUT2D eigenvalue weighted by molar-refractivity contribution is 7.15. The normalized spacial score (nSPS) is 30.2. The summed E-state index contributed by atoms with van der Waals surface area (Å²) in [7, 11) is 0. The molecule has 3 N–H and O–H groups in total. The highest BCUT2D eigenvalue weighted by atomic mass is 32.1. The van der Waals surface area contributed by atoms with Gasteiger partial charge in [0.1, 0.15) is 0 Å². The number of hydrogen-bond donors (Lipinski definition) is 2. The molecule has 5 nitrogen and oxygen atoms in total. The lowest BCUT2D eigenvalue weighted by Gasteiger charge is -2.34. The van der Waals surface area contributed by atoms with Crippen molar-refractivity contribution in [1.29, 1.82) is 0 Å². The standard InChI is InChI=1S/C10H14N2O3S/c11-10(5-3-7(13)4-6-10)8-1-2-9(16-8)12(14)15/h1-2,7,13H,3-6,11H2. The van der Waals surface area contributed by atoms with Crippen LogP contribution >= 0.6 is 11.3 Å². The molecule has 0 atom stereocenters. The van der Waals surface area contributed by atoms with E-state index in [9.17, 15) is 15.2 Å². The second-order valence-corrected chi connectivity index (χ2v) is 5.34. The van der Waals surface area contributed by atoms with Gasteiger partial charge in [0, 0.05) is 10.9 Å². The number of aliphatic hydroxyl groups is 1. The number of hydrogen-bond acceptors (Lipinski definition) is 5. The fourth-order valence-electron chi connectivity index (χ4n) is 2.06. The first kappa shape index (κ1) is 11.5. The Morgan fingerprint density at radius 1 is 1.50 bits per heavy atom. The Balaban J connectivity index is 2.19. The van der Waals surface area contributed by atoms with E-state index in [2.05, 4.69) is 0 Å². The van der Waals surface area contributed by atoms with Crippen LogP contribution in [0.2, 0.25) is 0 Å². The van der Waals surface area contributed by atoms with Crippen molar-refractivity contribution in [2.24, 2.45) is 5.73 Å². The van der Waals surface area contributed by atoms with Crippen molar-refractivity contribution in [3.8, 4) is 0 Å². The Morgan fingerprint density at radius 3 is 2.62 bits per heavy atom. The molecule has 0 bridgehead atoms. The molecule has 1 heterocycles. The highest BCUT2D eigenvalue weighted by Gasteiger charge is 2.34. The van der Waals surface area contributed by atoms with Crippen LogP contribution in [0.1, 0.15) is 30.6 Å². The van der Waals surface area contributed by atoms with Crippen LogP contribution in [-0.2, 0) is 5.54 Å². The van der Waals surface area contributed by atoms with E-state index in [0.29, 0.717) is 25.7 Å². The molecule has 0 spiro atoms. The van der Waals surface area contributed by atoms with E-state index in [-0.39, 0.29) is 11.1 Å². The lowest BCUT2D eigenvalue weighted by molar-refractivity contribution is -0.380. The molecule has 88 valence electrons. The van der Waals surface area contributed by atoms with Crippen molar-refractivity contribution in [2.45, 2.75) is 37.3 Å². The third-order valence-electron chi connectivity index (χ3n) is 3.11. The molecule has 0 unspecified atom stereocenters. The average Bonchev–Trinajstić information content (AvgIpc) is 2.72. The highest BCUT2D eigenvalue weighted by Crippen LogP contribution is 2.40. The van der Waals surface area contributed by atoms with Gasteiger partial charge in [-0.25, -0.2) is 0 Å². The number of nitrogens with zero attached hydrogens (tertiary/aromatic N) is 1. The van der Waals surface area contributed by atoms with Gasteiger partial charge in [-0.15, -0.1) is 0 Å². The molecule has 6 heteroatoms. The summed E-state index contributed by atoms with van der Waals surface area (Å²) in [5.74, 6) is 0. The molecule has 1 fully saturated rings. The maximum Gasteiger partial charge on any atom is 0.324 e. The van der Waals surface area contributed by atoms with Gasteiger partial charge in [0.25, 0.3) is 0 Å². The Labute approximate surface area is 97.0 Å². The van der Waals surface area contributed by atoms with Crippen LogP contribution in [0.3, 0.4) is 0 Å². The molecular formula is C10H14N2O3S. The van der Waals surface area contributed by atoms with Gasteiger partial charge in [-0.1, -0.05) is 11.3 Å². The zero-order chi connectivity index (χ0) is 11.8. The van der Waals surface area contributed by atoms with Gasteiger partial charge < -0.3 is 10.8 Å². The van der Waals surface area contributed by atoms with E-state index in [1.807, 2.05) is 0 Å². The molecule has 0 aliphatic heterocycles. The van der Waals surface area contributed by atoms with E-state index < -0.39 is 10.5 Å². The van der Waals surface area contributed by atoms with Crippen LogP contribution in [0.15, 0.2) is 12.1 Å². The molecule has 16 heavy (non-hydrogen) atoms. The Hall–Kier alpha value is -0.980. The van der Waals surface area contributed by atoms with Crippen LogP contribution < -0.4 is 5.73 Å². The fraction of sp³-hybridized carbons (Fsp3) is 0.600. The van der Waals surface area contributed by atoms with Crippen molar-refractivity contribution >= 4 is 16.3 Å². The minimum absolute atomic E-state index is 0.131. The first-order chi connectivity index (χ1) is 7.51. The summed E-state index contributed by atoms with van der Waals surface area (Å²) in [6.07, 6.45) is 2.44. The Kier molecular flexibility index (Phi) is 2.96. The van der Waals surface area contributed by atoms with Gasteiger partial charge in [-0.05, 0) is 31.7 Å². The van der Waals surface area contributed by atoms with Gasteiger partial charge in [-0.3, -0.25) is 10.1 Å². The van der Waals surface area contributed by atoms with E-state index in [1.165, 1.54) is 6.07 Å². The molecule has 1 aliphatic carbocycles. The van der Waals surface area contributed by atoms with Crippen molar-refractivity contribution in [1.82, 2.24) is 0 Å². The minimum Gasteiger partial charge on any atom is -0.393 e. The van der Waals surface area contributed by atoms with Crippen LogP contribution in [-0.4, -0.2) is 16.1 Å². The lowest BCUT2D eigenvalue weighted by atomic mass is 9.80. The molecule has 0 radical (unpaired) electrons. The van der Waals surface area contributed by atoms with Crippen molar-refractivity contribution in [2.75, 3.05) is 0 Å². The summed E-state index contributed by atoms with van der Waals surface area (Å²) in [6.45, 7) is 0. The first-order valence-corrected chi connectivity index (χ1v) is 6.04. The summed E-state index contributed by atoms with van der Waals surface area (Å²) < 4.78 is 0. The Morgan fingerprint density at radius 2 is 2.12 bits per heavy atom. The third-order valence-corrected chi connectivity index (χ3v) is 4.37. The smallest absolute Gasteiger partial charge is 0.324 e. The average molecular weight is 242 g/mol. The molecule has 1 aromatic rings. The zero-order valence-electron chi connectivity index (χ0n) is 8.76. The first-order valence-electron chi connectivity index (χ1n) is 5.23. The summed E-state index contributed by atoms with van der Waals surface area (Å²) in [6, 6.07) is 3.24. The maximum atomic E-state index is 10.6. The van der Waals surface area contributed by atoms with E-state index in [0.717, 1.165) is 16.2 Å². The van der Waals surface area contributed by atoms with Gasteiger partial charge in [0.15, 0.2) is 0 Å². The number of thiophene rings is 1.